The molecule has 1 saturated heterocycles. The van der Waals surface area contributed by atoms with Crippen LogP contribution >= 0.6 is 0 Å². The smallest absolute Gasteiger partial charge is 0.123 e. The van der Waals surface area contributed by atoms with Crippen molar-refractivity contribution in [3.63, 3.8) is 0 Å². The lowest BCUT2D eigenvalue weighted by molar-refractivity contribution is 0.172. The molecule has 1 aliphatic rings. The summed E-state index contributed by atoms with van der Waals surface area (Å²) in [4.78, 5) is 2.48. The van der Waals surface area contributed by atoms with E-state index < -0.39 is 6.10 Å². The van der Waals surface area contributed by atoms with Gasteiger partial charge in [0.25, 0.3) is 0 Å². The highest BCUT2D eigenvalue weighted by molar-refractivity contribution is 5.18. The first-order valence-corrected chi connectivity index (χ1v) is 7.44. The number of halogens is 1. The zero-order chi connectivity index (χ0) is 14.5. The first-order chi connectivity index (χ1) is 9.56. The fourth-order valence-corrected chi connectivity index (χ4v) is 2.75. The fourth-order valence-electron chi connectivity index (χ4n) is 2.75. The van der Waals surface area contributed by atoms with Crippen LogP contribution in [0.5, 0.6) is 0 Å². The van der Waals surface area contributed by atoms with Crippen LogP contribution in [0, 0.1) is 11.7 Å². The summed E-state index contributed by atoms with van der Waals surface area (Å²) in [6, 6.07) is 6.78. The highest BCUT2D eigenvalue weighted by Crippen LogP contribution is 2.18. The van der Waals surface area contributed by atoms with E-state index in [2.05, 4.69) is 24.1 Å². The molecule has 112 valence electrons. The Morgan fingerprint density at radius 3 is 2.90 bits per heavy atom. The summed E-state index contributed by atoms with van der Waals surface area (Å²) < 4.78 is 13.1. The van der Waals surface area contributed by atoms with Gasteiger partial charge in [-0.15, -0.1) is 0 Å². The molecule has 2 rings (SSSR count). The van der Waals surface area contributed by atoms with Crippen LogP contribution in [-0.4, -0.2) is 42.2 Å². The molecule has 1 aromatic rings. The highest BCUT2D eigenvalue weighted by atomic mass is 19.1. The number of hydrogen-bond acceptors (Lipinski definition) is 3. The van der Waals surface area contributed by atoms with Crippen molar-refractivity contribution in [2.75, 3.05) is 26.2 Å². The summed E-state index contributed by atoms with van der Waals surface area (Å²) in [6.07, 6.45) is 0.564. The summed E-state index contributed by atoms with van der Waals surface area (Å²) in [5.41, 5.74) is 0.632. The first kappa shape index (κ1) is 15.4. The molecule has 0 amide bonds. The molecular weight excluding hydrogens is 255 g/mol. The van der Waals surface area contributed by atoms with Crippen molar-refractivity contribution in [2.45, 2.75) is 32.4 Å². The average molecular weight is 280 g/mol. The van der Waals surface area contributed by atoms with Gasteiger partial charge in [0.15, 0.2) is 0 Å². The van der Waals surface area contributed by atoms with E-state index in [1.165, 1.54) is 18.6 Å². The van der Waals surface area contributed by atoms with Crippen molar-refractivity contribution >= 4 is 0 Å². The fraction of sp³-hybridized carbons (Fsp3) is 0.625. The molecule has 4 heteroatoms. The van der Waals surface area contributed by atoms with E-state index in [0.717, 1.165) is 19.6 Å². The average Bonchev–Trinajstić information content (AvgIpc) is 2.87. The minimum absolute atomic E-state index is 0.301. The SMILES string of the molecule is CC(C)N1CCC(CNCC(O)c2cccc(F)c2)C1. The standard InChI is InChI=1S/C16H25FN2O/c1-12(2)19-7-6-13(11-19)9-18-10-16(20)14-4-3-5-15(17)8-14/h3-5,8,12-13,16,18,20H,6-7,9-11H2,1-2H3. The van der Waals surface area contributed by atoms with Crippen LogP contribution < -0.4 is 5.32 Å². The Hall–Kier alpha value is -0.970. The molecule has 1 aliphatic heterocycles. The molecule has 0 saturated carbocycles. The van der Waals surface area contributed by atoms with Crippen LogP contribution in [-0.2, 0) is 0 Å². The second-order valence-electron chi connectivity index (χ2n) is 5.97. The van der Waals surface area contributed by atoms with Gasteiger partial charge in [0.2, 0.25) is 0 Å². The molecule has 1 aromatic carbocycles. The number of hydrogen-bond donors (Lipinski definition) is 2. The predicted octanol–water partition coefficient (Wildman–Crippen LogP) is 2.18. The Bertz CT molecular complexity index is 425. The summed E-state index contributed by atoms with van der Waals surface area (Å²) in [7, 11) is 0. The predicted molar refractivity (Wildman–Crippen MR) is 79.0 cm³/mol. The third-order valence-corrected chi connectivity index (χ3v) is 4.05. The van der Waals surface area contributed by atoms with Gasteiger partial charge < -0.3 is 15.3 Å². The topological polar surface area (TPSA) is 35.5 Å². The van der Waals surface area contributed by atoms with E-state index in [9.17, 15) is 9.50 Å². The molecule has 0 spiro atoms. The van der Waals surface area contributed by atoms with E-state index in [1.807, 2.05) is 0 Å². The van der Waals surface area contributed by atoms with Crippen molar-refractivity contribution in [3.8, 4) is 0 Å². The number of rotatable bonds is 6. The Morgan fingerprint density at radius 1 is 1.45 bits per heavy atom. The number of aliphatic hydroxyl groups excluding tert-OH is 1. The van der Waals surface area contributed by atoms with Crippen LogP contribution in [0.2, 0.25) is 0 Å². The van der Waals surface area contributed by atoms with Gasteiger partial charge in [-0.1, -0.05) is 12.1 Å². The minimum atomic E-state index is -0.645. The molecule has 2 unspecified atom stereocenters. The number of likely N-dealkylation sites (tertiary alicyclic amines) is 1. The summed E-state index contributed by atoms with van der Waals surface area (Å²) in [6.45, 7) is 8.13. The first-order valence-electron chi connectivity index (χ1n) is 7.44. The molecule has 20 heavy (non-hydrogen) atoms. The molecule has 0 aromatic heterocycles. The van der Waals surface area contributed by atoms with Gasteiger partial charge in [0.1, 0.15) is 5.82 Å². The molecule has 3 nitrogen and oxygen atoms in total. The summed E-state index contributed by atoms with van der Waals surface area (Å²) in [5, 5.41) is 13.3. The van der Waals surface area contributed by atoms with Gasteiger partial charge >= 0.3 is 0 Å². The lowest BCUT2D eigenvalue weighted by Gasteiger charge is -2.20. The summed E-state index contributed by atoms with van der Waals surface area (Å²) in [5.74, 6) is 0.349. The molecule has 0 radical (unpaired) electrons. The van der Waals surface area contributed by atoms with Gasteiger partial charge in [-0.25, -0.2) is 4.39 Å². The summed E-state index contributed by atoms with van der Waals surface area (Å²) >= 11 is 0. The zero-order valence-corrected chi connectivity index (χ0v) is 12.3. The van der Waals surface area contributed by atoms with E-state index in [0.29, 0.717) is 24.1 Å². The van der Waals surface area contributed by atoms with Crippen molar-refractivity contribution in [1.29, 1.82) is 0 Å². The van der Waals surface area contributed by atoms with E-state index in [1.54, 1.807) is 12.1 Å². The molecule has 2 N–H and O–H groups in total. The monoisotopic (exact) mass is 280 g/mol. The van der Waals surface area contributed by atoms with Gasteiger partial charge in [-0.2, -0.15) is 0 Å². The number of benzene rings is 1. The van der Waals surface area contributed by atoms with Crippen LogP contribution in [0.25, 0.3) is 0 Å². The van der Waals surface area contributed by atoms with Crippen molar-refractivity contribution in [2.24, 2.45) is 5.92 Å². The quantitative estimate of drug-likeness (QED) is 0.838. The Labute approximate surface area is 120 Å². The maximum Gasteiger partial charge on any atom is 0.123 e. The number of nitrogens with zero attached hydrogens (tertiary/aromatic N) is 1. The number of nitrogens with one attached hydrogen (secondary N) is 1. The van der Waals surface area contributed by atoms with Crippen LogP contribution in [0.4, 0.5) is 4.39 Å². The largest absolute Gasteiger partial charge is 0.387 e. The maximum atomic E-state index is 13.1. The van der Waals surface area contributed by atoms with Crippen LogP contribution in [0.3, 0.4) is 0 Å². The molecular formula is C16H25FN2O. The van der Waals surface area contributed by atoms with Crippen molar-refractivity contribution in [1.82, 2.24) is 10.2 Å². The molecule has 0 aliphatic carbocycles. The van der Waals surface area contributed by atoms with Crippen LogP contribution in [0.15, 0.2) is 24.3 Å². The zero-order valence-electron chi connectivity index (χ0n) is 12.3. The molecule has 0 bridgehead atoms. The third kappa shape index (κ3) is 4.27. The van der Waals surface area contributed by atoms with Crippen molar-refractivity contribution in [3.05, 3.63) is 35.6 Å². The number of aliphatic hydroxyl groups is 1. The Morgan fingerprint density at radius 2 is 2.25 bits per heavy atom. The second-order valence-corrected chi connectivity index (χ2v) is 5.97. The second kappa shape index (κ2) is 7.16. The van der Waals surface area contributed by atoms with E-state index in [-0.39, 0.29) is 5.82 Å². The third-order valence-electron chi connectivity index (χ3n) is 4.05. The van der Waals surface area contributed by atoms with Gasteiger partial charge in [0.05, 0.1) is 6.10 Å². The van der Waals surface area contributed by atoms with Crippen molar-refractivity contribution < 1.29 is 9.50 Å². The molecule has 2 atom stereocenters. The lowest BCUT2D eigenvalue weighted by Crippen LogP contribution is -2.32. The van der Waals surface area contributed by atoms with Crippen LogP contribution in [0.1, 0.15) is 31.9 Å². The Kier molecular flexibility index (Phi) is 5.52. The van der Waals surface area contributed by atoms with E-state index >= 15 is 0 Å². The Balaban J connectivity index is 1.71. The van der Waals surface area contributed by atoms with Gasteiger partial charge in [-0.3, -0.25) is 0 Å². The normalized spacial score (nSPS) is 21.6. The minimum Gasteiger partial charge on any atom is -0.387 e. The molecule has 1 heterocycles. The van der Waals surface area contributed by atoms with Gasteiger partial charge in [-0.05, 0) is 57.0 Å². The maximum absolute atomic E-state index is 13.1. The lowest BCUT2D eigenvalue weighted by atomic mass is 10.1. The highest BCUT2D eigenvalue weighted by Gasteiger charge is 2.23. The molecule has 1 fully saturated rings. The van der Waals surface area contributed by atoms with E-state index in [4.69, 9.17) is 0 Å². The van der Waals surface area contributed by atoms with Gasteiger partial charge in [0, 0.05) is 19.1 Å².